The SMILES string of the molecule is CN1CCN(C(=O)[C@@H]2CCCN(C(=O)Cc3ccccc3)C2)CC1=O. The van der Waals surface area contributed by atoms with Crippen LogP contribution < -0.4 is 0 Å². The van der Waals surface area contributed by atoms with Gasteiger partial charge in [0.25, 0.3) is 0 Å². The predicted molar refractivity (Wildman–Crippen MR) is 93.7 cm³/mol. The van der Waals surface area contributed by atoms with Gasteiger partial charge in [-0.3, -0.25) is 14.4 Å². The summed E-state index contributed by atoms with van der Waals surface area (Å²) in [5.41, 5.74) is 0.991. The number of rotatable bonds is 3. The monoisotopic (exact) mass is 343 g/mol. The fraction of sp³-hybridized carbons (Fsp3) is 0.526. The smallest absolute Gasteiger partial charge is 0.241 e. The highest BCUT2D eigenvalue weighted by atomic mass is 16.2. The van der Waals surface area contributed by atoms with Gasteiger partial charge in [0, 0.05) is 33.2 Å². The van der Waals surface area contributed by atoms with Gasteiger partial charge in [0.15, 0.2) is 0 Å². The van der Waals surface area contributed by atoms with Gasteiger partial charge in [-0.05, 0) is 18.4 Å². The van der Waals surface area contributed by atoms with E-state index in [9.17, 15) is 14.4 Å². The van der Waals surface area contributed by atoms with E-state index in [1.165, 1.54) is 0 Å². The fourth-order valence-corrected chi connectivity index (χ4v) is 3.49. The van der Waals surface area contributed by atoms with Crippen molar-refractivity contribution in [2.45, 2.75) is 19.3 Å². The van der Waals surface area contributed by atoms with Crippen LogP contribution in [0.1, 0.15) is 18.4 Å². The average Bonchev–Trinajstić information content (AvgIpc) is 2.64. The molecule has 1 aromatic carbocycles. The summed E-state index contributed by atoms with van der Waals surface area (Å²) >= 11 is 0. The zero-order chi connectivity index (χ0) is 17.8. The molecule has 0 bridgehead atoms. The van der Waals surface area contributed by atoms with E-state index in [1.54, 1.807) is 21.7 Å². The molecule has 2 saturated heterocycles. The second-order valence-corrected chi connectivity index (χ2v) is 6.92. The molecule has 2 aliphatic heterocycles. The first-order chi connectivity index (χ1) is 12.0. The lowest BCUT2D eigenvalue weighted by molar-refractivity contribution is -0.148. The molecule has 134 valence electrons. The Morgan fingerprint density at radius 3 is 2.56 bits per heavy atom. The summed E-state index contributed by atoms with van der Waals surface area (Å²) in [6, 6.07) is 9.67. The third-order valence-electron chi connectivity index (χ3n) is 5.09. The zero-order valence-corrected chi connectivity index (χ0v) is 14.7. The Morgan fingerprint density at radius 2 is 1.84 bits per heavy atom. The molecule has 0 aromatic heterocycles. The topological polar surface area (TPSA) is 60.9 Å². The Balaban J connectivity index is 1.58. The molecule has 0 spiro atoms. The summed E-state index contributed by atoms with van der Waals surface area (Å²) in [6.45, 7) is 2.48. The van der Waals surface area contributed by atoms with Crippen LogP contribution in [0.15, 0.2) is 30.3 Å². The van der Waals surface area contributed by atoms with Gasteiger partial charge in [0.2, 0.25) is 17.7 Å². The molecule has 0 N–H and O–H groups in total. The molecule has 0 aliphatic carbocycles. The molecule has 2 aliphatic rings. The minimum Gasteiger partial charge on any atom is -0.342 e. The third-order valence-corrected chi connectivity index (χ3v) is 5.09. The molecule has 1 aromatic rings. The molecule has 0 unspecified atom stereocenters. The summed E-state index contributed by atoms with van der Waals surface area (Å²) in [5, 5.41) is 0. The van der Waals surface area contributed by atoms with Gasteiger partial charge in [-0.15, -0.1) is 0 Å². The Bertz CT molecular complexity index is 647. The van der Waals surface area contributed by atoms with Gasteiger partial charge in [-0.25, -0.2) is 0 Å². The van der Waals surface area contributed by atoms with Crippen molar-refractivity contribution in [1.82, 2.24) is 14.7 Å². The number of hydrogen-bond acceptors (Lipinski definition) is 3. The summed E-state index contributed by atoms with van der Waals surface area (Å²) in [6.07, 6.45) is 1.99. The minimum atomic E-state index is -0.190. The normalized spacial score (nSPS) is 21.4. The standard InChI is InChI=1S/C19H25N3O3/c1-20-10-11-22(14-18(20)24)19(25)16-8-5-9-21(13-16)17(23)12-15-6-3-2-4-7-15/h2-4,6-7,16H,5,8-14H2,1H3/t16-/m1/s1. The van der Waals surface area contributed by atoms with Crippen LogP contribution in [-0.4, -0.2) is 72.2 Å². The summed E-state index contributed by atoms with van der Waals surface area (Å²) in [5.74, 6) is -0.131. The van der Waals surface area contributed by atoms with E-state index in [4.69, 9.17) is 0 Å². The van der Waals surface area contributed by atoms with Gasteiger partial charge in [0.05, 0.1) is 18.9 Å². The molecular weight excluding hydrogens is 318 g/mol. The summed E-state index contributed by atoms with van der Waals surface area (Å²) in [7, 11) is 1.76. The van der Waals surface area contributed by atoms with Crippen molar-refractivity contribution < 1.29 is 14.4 Å². The van der Waals surface area contributed by atoms with E-state index >= 15 is 0 Å². The van der Waals surface area contributed by atoms with E-state index in [-0.39, 0.29) is 30.2 Å². The lowest BCUT2D eigenvalue weighted by Gasteiger charge is -2.37. The molecule has 1 atom stereocenters. The lowest BCUT2D eigenvalue weighted by atomic mass is 9.95. The number of carbonyl (C=O) groups is 3. The maximum atomic E-state index is 12.7. The molecule has 0 saturated carbocycles. The lowest BCUT2D eigenvalue weighted by Crippen LogP contribution is -2.54. The number of benzene rings is 1. The van der Waals surface area contributed by atoms with E-state index < -0.39 is 0 Å². The first-order valence-electron chi connectivity index (χ1n) is 8.89. The second kappa shape index (κ2) is 7.68. The first kappa shape index (κ1) is 17.5. The number of nitrogens with zero attached hydrogens (tertiary/aromatic N) is 3. The Kier molecular flexibility index (Phi) is 5.36. The molecule has 3 rings (SSSR count). The first-order valence-corrected chi connectivity index (χ1v) is 8.89. The van der Waals surface area contributed by atoms with Crippen molar-refractivity contribution in [1.29, 1.82) is 0 Å². The number of likely N-dealkylation sites (N-methyl/N-ethyl adjacent to an activating group) is 1. The molecule has 6 nitrogen and oxygen atoms in total. The van der Waals surface area contributed by atoms with Crippen LogP contribution in [0, 0.1) is 5.92 Å². The van der Waals surface area contributed by atoms with E-state index in [1.807, 2.05) is 30.3 Å². The van der Waals surface area contributed by atoms with Crippen LogP contribution in [0.25, 0.3) is 0 Å². The predicted octanol–water partition coefficient (Wildman–Crippen LogP) is 0.768. The molecule has 3 amide bonds. The van der Waals surface area contributed by atoms with E-state index in [0.29, 0.717) is 32.6 Å². The van der Waals surface area contributed by atoms with Crippen LogP contribution in [0.5, 0.6) is 0 Å². The van der Waals surface area contributed by atoms with Crippen LogP contribution >= 0.6 is 0 Å². The van der Waals surface area contributed by atoms with Crippen LogP contribution in [0.3, 0.4) is 0 Å². The van der Waals surface area contributed by atoms with Crippen LogP contribution in [0.2, 0.25) is 0 Å². The Hall–Kier alpha value is -2.37. The van der Waals surface area contributed by atoms with Gasteiger partial charge in [-0.2, -0.15) is 0 Å². The molecule has 6 heteroatoms. The Morgan fingerprint density at radius 1 is 1.08 bits per heavy atom. The van der Waals surface area contributed by atoms with Gasteiger partial charge in [-0.1, -0.05) is 30.3 Å². The van der Waals surface area contributed by atoms with Crippen molar-refractivity contribution in [3.63, 3.8) is 0 Å². The van der Waals surface area contributed by atoms with Crippen molar-refractivity contribution in [3.05, 3.63) is 35.9 Å². The molecule has 0 radical (unpaired) electrons. The van der Waals surface area contributed by atoms with Gasteiger partial charge >= 0.3 is 0 Å². The minimum absolute atomic E-state index is 0.0126. The number of carbonyl (C=O) groups excluding carboxylic acids is 3. The van der Waals surface area contributed by atoms with Crippen molar-refractivity contribution in [2.24, 2.45) is 5.92 Å². The number of hydrogen-bond donors (Lipinski definition) is 0. The number of likely N-dealkylation sites (tertiary alicyclic amines) is 1. The number of amides is 3. The van der Waals surface area contributed by atoms with Crippen molar-refractivity contribution in [3.8, 4) is 0 Å². The highest BCUT2D eigenvalue weighted by Crippen LogP contribution is 2.20. The molecule has 2 fully saturated rings. The molecule has 25 heavy (non-hydrogen) atoms. The molecular formula is C19H25N3O3. The van der Waals surface area contributed by atoms with Crippen molar-refractivity contribution in [2.75, 3.05) is 39.8 Å². The molecule has 2 heterocycles. The van der Waals surface area contributed by atoms with Crippen molar-refractivity contribution >= 4 is 17.7 Å². The summed E-state index contributed by atoms with van der Waals surface area (Å²) in [4.78, 5) is 42.2. The summed E-state index contributed by atoms with van der Waals surface area (Å²) < 4.78 is 0. The quantitative estimate of drug-likeness (QED) is 0.814. The van der Waals surface area contributed by atoms with Gasteiger partial charge < -0.3 is 14.7 Å². The highest BCUT2D eigenvalue weighted by Gasteiger charge is 2.33. The largest absolute Gasteiger partial charge is 0.342 e. The van der Waals surface area contributed by atoms with E-state index in [2.05, 4.69) is 0 Å². The third kappa shape index (κ3) is 4.18. The fourth-order valence-electron chi connectivity index (χ4n) is 3.49. The Labute approximate surface area is 148 Å². The van der Waals surface area contributed by atoms with Gasteiger partial charge in [0.1, 0.15) is 0 Å². The zero-order valence-electron chi connectivity index (χ0n) is 14.7. The van der Waals surface area contributed by atoms with Crippen LogP contribution in [-0.2, 0) is 20.8 Å². The van der Waals surface area contributed by atoms with E-state index in [0.717, 1.165) is 18.4 Å². The average molecular weight is 343 g/mol. The number of piperidine rings is 1. The maximum Gasteiger partial charge on any atom is 0.241 e. The van der Waals surface area contributed by atoms with Crippen LogP contribution in [0.4, 0.5) is 0 Å². The number of piperazine rings is 1. The highest BCUT2D eigenvalue weighted by molar-refractivity contribution is 5.87. The second-order valence-electron chi connectivity index (χ2n) is 6.92. The maximum absolute atomic E-state index is 12.7.